The van der Waals surface area contributed by atoms with Gasteiger partial charge in [0.2, 0.25) is 0 Å². The van der Waals surface area contributed by atoms with Crippen molar-refractivity contribution in [3.05, 3.63) is 12.2 Å². The lowest BCUT2D eigenvalue weighted by Gasteiger charge is -2.30. The molecule has 0 aromatic rings. The number of hydrogen-bond acceptors (Lipinski definition) is 8. The fraction of sp³-hybridized carbons (Fsp3) is 0.818. The van der Waals surface area contributed by atoms with E-state index in [1.807, 2.05) is 0 Å². The van der Waals surface area contributed by atoms with Gasteiger partial charge >= 0.3 is 11.9 Å². The minimum absolute atomic E-state index is 0.0487. The van der Waals surface area contributed by atoms with Crippen molar-refractivity contribution in [2.75, 3.05) is 19.8 Å². The van der Waals surface area contributed by atoms with Gasteiger partial charge < -0.3 is 28.4 Å². The Balaban J connectivity index is 1.38. The molecule has 0 radical (unpaired) electrons. The zero-order valence-electron chi connectivity index (χ0n) is 17.7. The van der Waals surface area contributed by atoms with Gasteiger partial charge in [-0.05, 0) is 32.6 Å². The molecule has 2 aliphatic heterocycles. The van der Waals surface area contributed by atoms with Crippen LogP contribution in [-0.2, 0) is 38.0 Å². The molecule has 2 spiro atoms. The van der Waals surface area contributed by atoms with Crippen molar-refractivity contribution in [1.82, 2.24) is 0 Å². The van der Waals surface area contributed by atoms with Gasteiger partial charge in [-0.1, -0.05) is 6.58 Å². The van der Waals surface area contributed by atoms with Crippen molar-refractivity contribution < 1.29 is 38.0 Å². The maximum atomic E-state index is 12.5. The summed E-state index contributed by atoms with van der Waals surface area (Å²) in [6.07, 6.45) is 6.19. The van der Waals surface area contributed by atoms with Crippen LogP contribution >= 0.6 is 0 Å². The van der Waals surface area contributed by atoms with E-state index in [9.17, 15) is 9.59 Å². The fourth-order valence-corrected chi connectivity index (χ4v) is 4.78. The number of carbonyl (C=O) groups is 2. The van der Waals surface area contributed by atoms with E-state index in [1.54, 1.807) is 6.92 Å². The minimum atomic E-state index is -0.630. The molecule has 2 saturated carbocycles. The van der Waals surface area contributed by atoms with Crippen molar-refractivity contribution in [2.24, 2.45) is 0 Å². The Morgan fingerprint density at radius 1 is 0.967 bits per heavy atom. The van der Waals surface area contributed by atoms with E-state index >= 15 is 0 Å². The van der Waals surface area contributed by atoms with Crippen LogP contribution in [0.4, 0.5) is 0 Å². The number of rotatable bonds is 7. The van der Waals surface area contributed by atoms with Gasteiger partial charge in [0, 0.05) is 31.3 Å². The molecule has 4 rings (SSSR count). The molecule has 4 aliphatic rings. The predicted octanol–water partition coefficient (Wildman–Crippen LogP) is 2.78. The van der Waals surface area contributed by atoms with Gasteiger partial charge in [0.15, 0.2) is 17.7 Å². The highest BCUT2D eigenvalue weighted by Gasteiger charge is 2.53. The van der Waals surface area contributed by atoms with Crippen LogP contribution in [0.1, 0.15) is 64.7 Å². The zero-order valence-corrected chi connectivity index (χ0v) is 17.7. The van der Waals surface area contributed by atoms with E-state index in [-0.39, 0.29) is 18.6 Å². The molecule has 0 N–H and O–H groups in total. The highest BCUT2D eigenvalue weighted by molar-refractivity contribution is 5.87. The highest BCUT2D eigenvalue weighted by Crippen LogP contribution is 2.44. The number of carbonyl (C=O) groups excluding carboxylic acids is 2. The van der Waals surface area contributed by atoms with Crippen LogP contribution < -0.4 is 0 Å². The summed E-state index contributed by atoms with van der Waals surface area (Å²) in [6.45, 7) is 5.74. The molecule has 0 aromatic heterocycles. The average Bonchev–Trinajstić information content (AvgIpc) is 3.52. The van der Waals surface area contributed by atoms with Crippen LogP contribution in [0, 0.1) is 0 Å². The Hall–Kier alpha value is -1.48. The maximum absolute atomic E-state index is 12.5. The third-order valence-corrected chi connectivity index (χ3v) is 6.37. The van der Waals surface area contributed by atoms with Crippen molar-refractivity contribution in [2.45, 2.75) is 94.6 Å². The van der Waals surface area contributed by atoms with E-state index in [1.165, 1.54) is 0 Å². The van der Waals surface area contributed by atoms with Gasteiger partial charge in [-0.25, -0.2) is 4.79 Å². The molecule has 0 bridgehead atoms. The van der Waals surface area contributed by atoms with Crippen molar-refractivity contribution in [3.63, 3.8) is 0 Å². The van der Waals surface area contributed by atoms with Crippen LogP contribution in [0.2, 0.25) is 0 Å². The number of esters is 2. The molecular weight excluding hydrogens is 392 g/mol. The lowest BCUT2D eigenvalue weighted by Crippen LogP contribution is -2.45. The largest absolute Gasteiger partial charge is 0.462 e. The van der Waals surface area contributed by atoms with Gasteiger partial charge in [-0.2, -0.15) is 0 Å². The van der Waals surface area contributed by atoms with Gasteiger partial charge in [-0.15, -0.1) is 0 Å². The summed E-state index contributed by atoms with van der Waals surface area (Å²) in [5.41, 5.74) is 0.290. The van der Waals surface area contributed by atoms with E-state index in [4.69, 9.17) is 28.4 Å². The molecule has 0 aromatic carbocycles. The molecular formula is C22H32O8. The Bertz CT molecular complexity index is 628. The van der Waals surface area contributed by atoms with E-state index in [2.05, 4.69) is 6.58 Å². The van der Waals surface area contributed by atoms with Gasteiger partial charge in [-0.3, -0.25) is 4.79 Å². The predicted molar refractivity (Wildman–Crippen MR) is 104 cm³/mol. The second-order valence-electron chi connectivity index (χ2n) is 8.79. The maximum Gasteiger partial charge on any atom is 0.333 e. The lowest BCUT2D eigenvalue weighted by molar-refractivity contribution is -0.207. The molecule has 2 aliphatic carbocycles. The zero-order chi connectivity index (χ0) is 21.2. The smallest absolute Gasteiger partial charge is 0.333 e. The fourth-order valence-electron chi connectivity index (χ4n) is 4.78. The van der Waals surface area contributed by atoms with E-state index in [0.717, 1.165) is 51.4 Å². The summed E-state index contributed by atoms with van der Waals surface area (Å²) in [5, 5.41) is 0. The molecule has 30 heavy (non-hydrogen) atoms. The first-order chi connectivity index (χ1) is 14.4. The molecule has 0 amide bonds. The summed E-state index contributed by atoms with van der Waals surface area (Å²) < 4.78 is 35.4. The number of hydrogen-bond donors (Lipinski definition) is 0. The monoisotopic (exact) mass is 424 g/mol. The third-order valence-electron chi connectivity index (χ3n) is 6.37. The molecule has 2 heterocycles. The van der Waals surface area contributed by atoms with Crippen molar-refractivity contribution in [1.29, 1.82) is 0 Å². The third kappa shape index (κ3) is 4.72. The molecule has 4 fully saturated rings. The summed E-state index contributed by atoms with van der Waals surface area (Å²) in [5.74, 6) is -2.11. The topological polar surface area (TPSA) is 89.5 Å². The summed E-state index contributed by atoms with van der Waals surface area (Å²) in [7, 11) is 0. The highest BCUT2D eigenvalue weighted by atomic mass is 16.8. The standard InChI is InChI=1S/C22H32O8/c1-15(2)20(24)25-12-7-18(23)28-19(16-13-26-21(29-16)8-3-4-9-21)17-14-27-22(30-17)10-5-6-11-22/h16-17,19H,1,3-14H2,2H3. The molecule has 8 nitrogen and oxygen atoms in total. The van der Waals surface area contributed by atoms with Gasteiger partial charge in [0.05, 0.1) is 19.6 Å². The van der Waals surface area contributed by atoms with Crippen LogP contribution in [-0.4, -0.2) is 61.6 Å². The van der Waals surface area contributed by atoms with Gasteiger partial charge in [0.1, 0.15) is 18.8 Å². The molecule has 2 saturated heterocycles. The normalized spacial score (nSPS) is 30.0. The first-order valence-electron chi connectivity index (χ1n) is 11.1. The van der Waals surface area contributed by atoms with Crippen molar-refractivity contribution in [3.8, 4) is 0 Å². The summed E-state index contributed by atoms with van der Waals surface area (Å²) >= 11 is 0. The van der Waals surface area contributed by atoms with Crippen molar-refractivity contribution >= 4 is 11.9 Å². The van der Waals surface area contributed by atoms with Crippen LogP contribution in [0.15, 0.2) is 12.2 Å². The number of ether oxygens (including phenoxy) is 6. The summed E-state index contributed by atoms with van der Waals surface area (Å²) in [6, 6.07) is 0. The first-order valence-corrected chi connectivity index (χ1v) is 11.1. The average molecular weight is 424 g/mol. The van der Waals surface area contributed by atoms with E-state index < -0.39 is 41.8 Å². The van der Waals surface area contributed by atoms with Crippen LogP contribution in [0.25, 0.3) is 0 Å². The Kier molecular flexibility index (Phi) is 6.48. The molecule has 2 atom stereocenters. The minimum Gasteiger partial charge on any atom is -0.462 e. The molecule has 168 valence electrons. The second kappa shape index (κ2) is 8.94. The Morgan fingerprint density at radius 3 is 1.93 bits per heavy atom. The Morgan fingerprint density at radius 2 is 1.47 bits per heavy atom. The summed E-state index contributed by atoms with van der Waals surface area (Å²) in [4.78, 5) is 24.0. The second-order valence-corrected chi connectivity index (χ2v) is 8.79. The van der Waals surface area contributed by atoms with Gasteiger partial charge in [0.25, 0.3) is 0 Å². The van der Waals surface area contributed by atoms with Crippen LogP contribution in [0.3, 0.4) is 0 Å². The molecule has 8 heteroatoms. The first kappa shape index (κ1) is 21.7. The Labute approximate surface area is 177 Å². The lowest BCUT2D eigenvalue weighted by atomic mass is 10.1. The SMILES string of the molecule is C=C(C)C(=O)OCCC(=O)OC(C1COC2(CCCC2)O1)C1COC2(CCCC2)O1. The quantitative estimate of drug-likeness (QED) is 0.455. The van der Waals surface area contributed by atoms with E-state index in [0.29, 0.717) is 13.2 Å². The van der Waals surface area contributed by atoms with Crippen LogP contribution in [0.5, 0.6) is 0 Å². The molecule has 2 unspecified atom stereocenters.